The molecule has 14 heavy (non-hydrogen) atoms. The molecule has 2 aromatic rings. The Labute approximate surface area is 89.5 Å². The third kappa shape index (κ3) is 2.08. The number of thioether (sulfide) groups is 1. The van der Waals surface area contributed by atoms with Gasteiger partial charge in [0.15, 0.2) is 5.13 Å². The maximum absolute atomic E-state index is 5.59. The molecule has 0 amide bonds. The van der Waals surface area contributed by atoms with E-state index in [0.717, 1.165) is 21.2 Å². The van der Waals surface area contributed by atoms with Crippen molar-refractivity contribution >= 4 is 28.2 Å². The van der Waals surface area contributed by atoms with Crippen molar-refractivity contribution in [2.75, 3.05) is 5.73 Å². The highest BCUT2D eigenvalue weighted by Gasteiger charge is 2.06. The number of aromatic nitrogens is 2. The first-order chi connectivity index (χ1) is 6.75. The third-order valence-corrected chi connectivity index (χ3v) is 4.04. The molecule has 2 heterocycles. The quantitative estimate of drug-likeness (QED) is 0.815. The van der Waals surface area contributed by atoms with Crippen molar-refractivity contribution in [1.29, 1.82) is 0 Å². The lowest BCUT2D eigenvalue weighted by atomic mass is 10.4. The van der Waals surface area contributed by atoms with Gasteiger partial charge in [0.1, 0.15) is 6.26 Å². The van der Waals surface area contributed by atoms with Crippen LogP contribution in [0.5, 0.6) is 0 Å². The minimum Gasteiger partial charge on any atom is -0.375 e. The zero-order valence-corrected chi connectivity index (χ0v) is 9.19. The highest BCUT2D eigenvalue weighted by atomic mass is 32.2. The Morgan fingerprint density at radius 3 is 3.07 bits per heavy atom. The predicted molar refractivity (Wildman–Crippen MR) is 57.3 cm³/mol. The molecule has 0 spiro atoms. The van der Waals surface area contributed by atoms with Gasteiger partial charge >= 0.3 is 0 Å². The van der Waals surface area contributed by atoms with E-state index in [1.165, 1.54) is 11.3 Å². The molecule has 0 saturated heterocycles. The molecule has 0 aliphatic carbocycles. The van der Waals surface area contributed by atoms with Crippen LogP contribution in [0.4, 0.5) is 5.13 Å². The molecule has 74 valence electrons. The summed E-state index contributed by atoms with van der Waals surface area (Å²) < 4.78 is 5.89. The van der Waals surface area contributed by atoms with Crippen LogP contribution < -0.4 is 5.73 Å². The Bertz CT molecular complexity index is 410. The van der Waals surface area contributed by atoms with Gasteiger partial charge in [-0.25, -0.2) is 4.98 Å². The molecule has 0 atom stereocenters. The van der Waals surface area contributed by atoms with Crippen molar-refractivity contribution in [1.82, 2.24) is 10.1 Å². The molecule has 0 fully saturated rings. The van der Waals surface area contributed by atoms with Crippen LogP contribution in [0.1, 0.15) is 11.3 Å². The van der Waals surface area contributed by atoms with E-state index in [9.17, 15) is 0 Å². The standard InChI is InChI=1S/C8H9N3OS2/c1-5-7(14-8(9)11-5)13-4-6-2-10-12-3-6/h2-3H,4H2,1H3,(H2,9,11). The Morgan fingerprint density at radius 2 is 2.50 bits per heavy atom. The first kappa shape index (κ1) is 9.54. The monoisotopic (exact) mass is 227 g/mol. The maximum Gasteiger partial charge on any atom is 0.181 e. The predicted octanol–water partition coefficient (Wildman–Crippen LogP) is 2.31. The molecule has 0 radical (unpaired) electrons. The van der Waals surface area contributed by atoms with Crippen LogP contribution in [-0.4, -0.2) is 10.1 Å². The van der Waals surface area contributed by atoms with E-state index < -0.39 is 0 Å². The fourth-order valence-electron chi connectivity index (χ4n) is 0.983. The van der Waals surface area contributed by atoms with E-state index in [1.807, 2.05) is 6.92 Å². The number of nitrogens with zero attached hydrogens (tertiary/aromatic N) is 2. The normalized spacial score (nSPS) is 10.6. The lowest BCUT2D eigenvalue weighted by molar-refractivity contribution is 0.419. The van der Waals surface area contributed by atoms with Gasteiger partial charge < -0.3 is 10.3 Å². The second kappa shape index (κ2) is 4.02. The molecule has 0 aromatic carbocycles. The number of hydrogen-bond acceptors (Lipinski definition) is 6. The molecule has 2 rings (SSSR count). The Kier molecular flexibility index (Phi) is 2.74. The summed E-state index contributed by atoms with van der Waals surface area (Å²) in [6.07, 6.45) is 3.36. The van der Waals surface area contributed by atoms with Crippen LogP contribution in [0.3, 0.4) is 0 Å². The summed E-state index contributed by atoms with van der Waals surface area (Å²) in [5.41, 5.74) is 7.66. The number of rotatable bonds is 3. The lowest BCUT2D eigenvalue weighted by Gasteiger charge is -1.94. The number of aryl methyl sites for hydroxylation is 1. The third-order valence-electron chi connectivity index (χ3n) is 1.62. The van der Waals surface area contributed by atoms with Crippen molar-refractivity contribution in [3.8, 4) is 0 Å². The van der Waals surface area contributed by atoms with Crippen LogP contribution in [0.15, 0.2) is 21.2 Å². The van der Waals surface area contributed by atoms with E-state index in [4.69, 9.17) is 10.3 Å². The molecular formula is C8H9N3OS2. The second-order valence-corrected chi connectivity index (χ2v) is 5.02. The van der Waals surface area contributed by atoms with Gasteiger partial charge in [-0.3, -0.25) is 0 Å². The second-order valence-electron chi connectivity index (χ2n) is 2.75. The Balaban J connectivity index is 2.01. The van der Waals surface area contributed by atoms with Crippen LogP contribution in [0.2, 0.25) is 0 Å². The molecule has 2 aromatic heterocycles. The molecular weight excluding hydrogens is 218 g/mol. The van der Waals surface area contributed by atoms with E-state index in [-0.39, 0.29) is 0 Å². The van der Waals surface area contributed by atoms with Gasteiger partial charge in [0, 0.05) is 11.3 Å². The maximum atomic E-state index is 5.59. The Morgan fingerprint density at radius 1 is 1.64 bits per heavy atom. The van der Waals surface area contributed by atoms with Crippen molar-refractivity contribution in [3.05, 3.63) is 23.7 Å². The fourth-order valence-corrected chi connectivity index (χ4v) is 2.91. The largest absolute Gasteiger partial charge is 0.375 e. The Hall–Kier alpha value is -1.01. The van der Waals surface area contributed by atoms with Crippen molar-refractivity contribution < 1.29 is 4.52 Å². The van der Waals surface area contributed by atoms with Gasteiger partial charge in [-0.2, -0.15) is 0 Å². The first-order valence-corrected chi connectivity index (χ1v) is 5.80. The molecule has 0 saturated carbocycles. The van der Waals surface area contributed by atoms with E-state index >= 15 is 0 Å². The van der Waals surface area contributed by atoms with E-state index in [0.29, 0.717) is 5.13 Å². The van der Waals surface area contributed by atoms with Gasteiger partial charge in [0.25, 0.3) is 0 Å². The smallest absolute Gasteiger partial charge is 0.181 e. The number of nitrogens with two attached hydrogens (primary N) is 1. The molecule has 0 unspecified atom stereocenters. The molecule has 6 heteroatoms. The van der Waals surface area contributed by atoms with Crippen LogP contribution >= 0.6 is 23.1 Å². The zero-order chi connectivity index (χ0) is 9.97. The van der Waals surface area contributed by atoms with Crippen molar-refractivity contribution in [2.45, 2.75) is 16.9 Å². The summed E-state index contributed by atoms with van der Waals surface area (Å²) in [7, 11) is 0. The van der Waals surface area contributed by atoms with E-state index in [2.05, 4.69) is 10.1 Å². The topological polar surface area (TPSA) is 64.9 Å². The molecule has 0 aliphatic rings. The van der Waals surface area contributed by atoms with Crippen molar-refractivity contribution in [2.24, 2.45) is 0 Å². The van der Waals surface area contributed by atoms with Gasteiger partial charge in [-0.1, -0.05) is 16.5 Å². The minimum atomic E-state index is 0.621. The van der Waals surface area contributed by atoms with Gasteiger partial charge in [0.05, 0.1) is 16.1 Å². The van der Waals surface area contributed by atoms with Crippen molar-refractivity contribution in [3.63, 3.8) is 0 Å². The average molecular weight is 227 g/mol. The number of nitrogen functional groups attached to an aromatic ring is 1. The van der Waals surface area contributed by atoms with Crippen LogP contribution in [0, 0.1) is 6.92 Å². The summed E-state index contributed by atoms with van der Waals surface area (Å²) in [5, 5.41) is 4.26. The minimum absolute atomic E-state index is 0.621. The fraction of sp³-hybridized carbons (Fsp3) is 0.250. The van der Waals surface area contributed by atoms with Gasteiger partial charge in [-0.05, 0) is 6.92 Å². The van der Waals surface area contributed by atoms with Gasteiger partial charge in [-0.15, -0.1) is 11.8 Å². The summed E-state index contributed by atoms with van der Waals surface area (Å²) in [5.74, 6) is 0.839. The molecule has 0 bridgehead atoms. The summed E-state index contributed by atoms with van der Waals surface area (Å²) >= 11 is 3.22. The van der Waals surface area contributed by atoms with E-state index in [1.54, 1.807) is 24.2 Å². The van der Waals surface area contributed by atoms with Crippen LogP contribution in [-0.2, 0) is 5.75 Å². The molecule has 0 aliphatic heterocycles. The first-order valence-electron chi connectivity index (χ1n) is 3.99. The average Bonchev–Trinajstić information content (AvgIpc) is 2.72. The van der Waals surface area contributed by atoms with Crippen LogP contribution in [0.25, 0.3) is 0 Å². The number of anilines is 1. The highest BCUT2D eigenvalue weighted by molar-refractivity contribution is 8.00. The zero-order valence-electron chi connectivity index (χ0n) is 7.56. The molecule has 4 nitrogen and oxygen atoms in total. The molecule has 2 N–H and O–H groups in total. The highest BCUT2D eigenvalue weighted by Crippen LogP contribution is 2.32. The summed E-state index contributed by atoms with van der Waals surface area (Å²) in [4.78, 5) is 4.15. The summed E-state index contributed by atoms with van der Waals surface area (Å²) in [6.45, 7) is 1.96. The number of thiazole rings is 1. The number of hydrogen-bond donors (Lipinski definition) is 1. The SMILES string of the molecule is Cc1nc(N)sc1SCc1cnoc1. The summed E-state index contributed by atoms with van der Waals surface area (Å²) in [6, 6.07) is 0. The lowest BCUT2D eigenvalue weighted by Crippen LogP contribution is -1.80. The van der Waals surface area contributed by atoms with Gasteiger partial charge in [0.2, 0.25) is 0 Å².